The molecule has 3 rings (SSSR count). The first-order chi connectivity index (χ1) is 10.8. The van der Waals surface area contributed by atoms with Crippen LogP contribution in [0.25, 0.3) is 0 Å². The topological polar surface area (TPSA) is 37.3 Å². The highest BCUT2D eigenvalue weighted by molar-refractivity contribution is 8.76. The highest BCUT2D eigenvalue weighted by Gasteiger charge is 2.18. The van der Waals surface area contributed by atoms with E-state index >= 15 is 0 Å². The first kappa shape index (κ1) is 17.1. The van der Waals surface area contributed by atoms with Gasteiger partial charge >= 0.3 is 0 Å². The van der Waals surface area contributed by atoms with Crippen molar-refractivity contribution in [3.05, 3.63) is 71.8 Å². The highest BCUT2D eigenvalue weighted by atomic mass is 33.1. The van der Waals surface area contributed by atoms with Crippen LogP contribution in [0, 0.1) is 0 Å². The summed E-state index contributed by atoms with van der Waals surface area (Å²) in [4.78, 5) is 11.9. The Kier molecular flexibility index (Phi) is 7.57. The van der Waals surface area contributed by atoms with E-state index in [0.717, 1.165) is 0 Å². The predicted octanol–water partition coefficient (Wildman–Crippen LogP) is 4.76. The molecule has 0 saturated carbocycles. The van der Waals surface area contributed by atoms with Gasteiger partial charge in [0.2, 0.25) is 0 Å². The summed E-state index contributed by atoms with van der Waals surface area (Å²) < 4.78 is 0. The molecule has 1 N–H and O–H groups in total. The van der Waals surface area contributed by atoms with Crippen LogP contribution in [0.1, 0.15) is 34.9 Å². The molecule has 2 nitrogen and oxygen atoms in total. The highest BCUT2D eigenvalue weighted by Crippen LogP contribution is 2.28. The van der Waals surface area contributed by atoms with Crippen LogP contribution in [-0.4, -0.2) is 22.4 Å². The third kappa shape index (κ3) is 5.52. The standard InChI is InChI=1S/C14H12O2.C4H8S2/c15-13(11-7-3-1-4-8-11)14(16)12-9-5-2-6-10-12;1-2-4-6-5-3-1/h1-10,13,15H;1-4H2. The minimum Gasteiger partial charge on any atom is -0.380 e. The van der Waals surface area contributed by atoms with Gasteiger partial charge in [-0.15, -0.1) is 0 Å². The third-order valence-corrected chi connectivity index (χ3v) is 5.79. The van der Waals surface area contributed by atoms with Crippen molar-refractivity contribution in [3.8, 4) is 0 Å². The summed E-state index contributed by atoms with van der Waals surface area (Å²) in [6.07, 6.45) is 1.80. The van der Waals surface area contributed by atoms with Gasteiger partial charge in [0, 0.05) is 17.1 Å². The number of ketones is 1. The van der Waals surface area contributed by atoms with Crippen LogP contribution in [0.15, 0.2) is 60.7 Å². The van der Waals surface area contributed by atoms with Gasteiger partial charge in [-0.3, -0.25) is 4.79 Å². The zero-order chi connectivity index (χ0) is 15.6. The van der Waals surface area contributed by atoms with E-state index in [1.165, 1.54) is 24.3 Å². The monoisotopic (exact) mass is 332 g/mol. The minimum absolute atomic E-state index is 0.271. The van der Waals surface area contributed by atoms with E-state index in [4.69, 9.17) is 0 Å². The van der Waals surface area contributed by atoms with E-state index in [-0.39, 0.29) is 5.78 Å². The van der Waals surface area contributed by atoms with Crippen LogP contribution in [0.3, 0.4) is 0 Å². The van der Waals surface area contributed by atoms with Gasteiger partial charge in [-0.05, 0) is 18.4 Å². The number of aliphatic hydroxyl groups is 1. The van der Waals surface area contributed by atoms with Crippen LogP contribution in [0.4, 0.5) is 0 Å². The van der Waals surface area contributed by atoms with Crippen molar-refractivity contribution in [1.82, 2.24) is 0 Å². The Bertz CT molecular complexity index is 542. The van der Waals surface area contributed by atoms with E-state index in [0.29, 0.717) is 11.1 Å². The van der Waals surface area contributed by atoms with Crippen LogP contribution in [0.2, 0.25) is 0 Å². The molecule has 1 saturated heterocycles. The maximum absolute atomic E-state index is 11.9. The fraction of sp³-hybridized carbons (Fsp3) is 0.278. The molecule has 1 fully saturated rings. The lowest BCUT2D eigenvalue weighted by Crippen LogP contribution is -2.11. The quantitative estimate of drug-likeness (QED) is 0.649. The summed E-state index contributed by atoms with van der Waals surface area (Å²) in [7, 11) is 4.02. The van der Waals surface area contributed by atoms with Gasteiger partial charge in [-0.25, -0.2) is 0 Å². The lowest BCUT2D eigenvalue weighted by molar-refractivity contribution is 0.0747. The lowest BCUT2D eigenvalue weighted by Gasteiger charge is -2.09. The summed E-state index contributed by atoms with van der Waals surface area (Å²) in [5, 5.41) is 9.89. The molecule has 1 heterocycles. The number of carbonyl (C=O) groups is 1. The maximum atomic E-state index is 11.9. The Hall–Kier alpha value is -1.23. The maximum Gasteiger partial charge on any atom is 0.195 e. The fourth-order valence-corrected chi connectivity index (χ4v) is 4.28. The summed E-state index contributed by atoms with van der Waals surface area (Å²) in [6.45, 7) is 0. The van der Waals surface area contributed by atoms with Crippen LogP contribution in [-0.2, 0) is 0 Å². The van der Waals surface area contributed by atoms with Gasteiger partial charge in [0.1, 0.15) is 6.10 Å². The molecule has 0 aliphatic carbocycles. The molecule has 0 amide bonds. The molecule has 4 heteroatoms. The number of rotatable bonds is 3. The summed E-state index contributed by atoms with van der Waals surface area (Å²) in [5.74, 6) is 2.49. The molecular formula is C18H20O2S2. The van der Waals surface area contributed by atoms with Crippen molar-refractivity contribution in [3.63, 3.8) is 0 Å². The SMILES string of the molecule is C1CCSSC1.O=C(c1ccccc1)C(O)c1ccccc1. The lowest BCUT2D eigenvalue weighted by atomic mass is 10.0. The van der Waals surface area contributed by atoms with E-state index in [2.05, 4.69) is 0 Å². The van der Waals surface area contributed by atoms with Gasteiger partial charge in [0.05, 0.1) is 0 Å². The van der Waals surface area contributed by atoms with Crippen molar-refractivity contribution >= 4 is 27.4 Å². The second-order valence-corrected chi connectivity index (χ2v) is 7.60. The van der Waals surface area contributed by atoms with Crippen molar-refractivity contribution in [2.45, 2.75) is 18.9 Å². The molecule has 0 spiro atoms. The van der Waals surface area contributed by atoms with Crippen LogP contribution in [0.5, 0.6) is 0 Å². The summed E-state index contributed by atoms with van der Waals surface area (Å²) in [5.41, 5.74) is 1.15. The molecule has 1 unspecified atom stereocenters. The van der Waals surface area contributed by atoms with E-state index in [1.54, 1.807) is 48.5 Å². The Morgan fingerprint density at radius 2 is 1.36 bits per heavy atom. The molecule has 1 atom stereocenters. The van der Waals surface area contributed by atoms with Gasteiger partial charge in [0.25, 0.3) is 0 Å². The number of hydrogen-bond acceptors (Lipinski definition) is 4. The Labute approximate surface area is 139 Å². The molecule has 116 valence electrons. The van der Waals surface area contributed by atoms with Gasteiger partial charge in [-0.1, -0.05) is 82.3 Å². The Morgan fingerprint density at radius 3 is 1.82 bits per heavy atom. The molecule has 0 bridgehead atoms. The zero-order valence-electron chi connectivity index (χ0n) is 12.4. The van der Waals surface area contributed by atoms with E-state index in [9.17, 15) is 9.90 Å². The average Bonchev–Trinajstić information content (AvgIpc) is 2.64. The number of carbonyl (C=O) groups excluding carboxylic acids is 1. The van der Waals surface area contributed by atoms with Crippen molar-refractivity contribution in [1.29, 1.82) is 0 Å². The molecule has 1 aliphatic heterocycles. The van der Waals surface area contributed by atoms with E-state index < -0.39 is 6.10 Å². The predicted molar refractivity (Wildman–Crippen MR) is 96.3 cm³/mol. The van der Waals surface area contributed by atoms with E-state index in [1.807, 2.05) is 33.7 Å². The zero-order valence-corrected chi connectivity index (χ0v) is 14.0. The van der Waals surface area contributed by atoms with Crippen LogP contribution >= 0.6 is 21.6 Å². The first-order valence-electron chi connectivity index (χ1n) is 7.36. The number of Topliss-reactive ketones (excluding diaryl/α,β-unsaturated/α-hetero) is 1. The van der Waals surface area contributed by atoms with Gasteiger partial charge in [0.15, 0.2) is 5.78 Å². The molecule has 0 aromatic heterocycles. The van der Waals surface area contributed by atoms with Crippen molar-refractivity contribution < 1.29 is 9.90 Å². The summed E-state index contributed by atoms with van der Waals surface area (Å²) in [6, 6.07) is 17.7. The normalized spacial score (nSPS) is 15.3. The minimum atomic E-state index is -1.08. The molecule has 22 heavy (non-hydrogen) atoms. The Balaban J connectivity index is 0.000000246. The number of benzene rings is 2. The fourth-order valence-electron chi connectivity index (χ4n) is 1.99. The Morgan fingerprint density at radius 1 is 0.864 bits per heavy atom. The van der Waals surface area contributed by atoms with Gasteiger partial charge in [-0.2, -0.15) is 0 Å². The molecule has 2 aromatic carbocycles. The molecule has 2 aromatic rings. The molecular weight excluding hydrogens is 312 g/mol. The third-order valence-electron chi connectivity index (χ3n) is 3.21. The molecule has 0 radical (unpaired) electrons. The first-order valence-corrected chi connectivity index (χ1v) is 9.84. The average molecular weight is 332 g/mol. The van der Waals surface area contributed by atoms with Gasteiger partial charge < -0.3 is 5.11 Å². The van der Waals surface area contributed by atoms with Crippen LogP contribution < -0.4 is 0 Å². The molecule has 1 aliphatic rings. The number of hydrogen-bond donors (Lipinski definition) is 1. The largest absolute Gasteiger partial charge is 0.380 e. The summed E-state index contributed by atoms with van der Waals surface area (Å²) >= 11 is 0. The number of aliphatic hydroxyl groups excluding tert-OH is 1. The second-order valence-electron chi connectivity index (χ2n) is 4.89. The van der Waals surface area contributed by atoms with Crippen molar-refractivity contribution in [2.24, 2.45) is 0 Å². The smallest absolute Gasteiger partial charge is 0.195 e. The second kappa shape index (κ2) is 9.72. The van der Waals surface area contributed by atoms with Crippen molar-refractivity contribution in [2.75, 3.05) is 11.5 Å².